The number of hydrogen-bond acceptors (Lipinski definition) is 4. The zero-order valence-corrected chi connectivity index (χ0v) is 10.8. The smallest absolute Gasteiger partial charge is 0.324 e. The van der Waals surface area contributed by atoms with E-state index in [1.54, 1.807) is 11.3 Å². The maximum Gasteiger partial charge on any atom is 0.324 e. The molecule has 1 aromatic heterocycles. The summed E-state index contributed by atoms with van der Waals surface area (Å²) in [5.74, 6) is -0.731. The molecule has 0 aromatic carbocycles. The van der Waals surface area contributed by atoms with Gasteiger partial charge in [0.2, 0.25) is 0 Å². The molecule has 2 heterocycles. The predicted molar refractivity (Wildman–Crippen MR) is 68.5 cm³/mol. The number of carbonyl (C=O) groups is 1. The first kappa shape index (κ1) is 12.5. The number of piperazine rings is 1. The first-order valence-corrected chi connectivity index (χ1v) is 6.77. The number of carboxylic acids is 1. The monoisotopic (exact) mass is 254 g/mol. The van der Waals surface area contributed by atoms with Crippen LogP contribution in [0.2, 0.25) is 0 Å². The van der Waals surface area contributed by atoms with Gasteiger partial charge in [-0.3, -0.25) is 9.69 Å². The Morgan fingerprint density at radius 2 is 2.29 bits per heavy atom. The van der Waals surface area contributed by atoms with E-state index < -0.39 is 11.5 Å². The predicted octanol–water partition coefficient (Wildman–Crippen LogP) is 1.04. The van der Waals surface area contributed by atoms with Crippen LogP contribution in [0.25, 0.3) is 0 Å². The van der Waals surface area contributed by atoms with E-state index in [0.717, 1.165) is 31.7 Å². The van der Waals surface area contributed by atoms with Gasteiger partial charge in [0.05, 0.1) is 0 Å². The Labute approximate surface area is 105 Å². The molecule has 2 N–H and O–H groups in total. The molecule has 0 bridgehead atoms. The third-order valence-electron chi connectivity index (χ3n) is 3.40. The van der Waals surface area contributed by atoms with Crippen molar-refractivity contribution in [2.45, 2.75) is 18.9 Å². The third kappa shape index (κ3) is 2.68. The van der Waals surface area contributed by atoms with Crippen LogP contribution in [0.15, 0.2) is 16.8 Å². The lowest BCUT2D eigenvalue weighted by molar-refractivity contribution is -0.151. The largest absolute Gasteiger partial charge is 0.480 e. The van der Waals surface area contributed by atoms with Gasteiger partial charge in [0.25, 0.3) is 0 Å². The van der Waals surface area contributed by atoms with Crippen molar-refractivity contribution in [3.8, 4) is 0 Å². The molecule has 4 nitrogen and oxygen atoms in total. The molecular weight excluding hydrogens is 236 g/mol. The Hall–Kier alpha value is -0.910. The maximum absolute atomic E-state index is 11.6. The van der Waals surface area contributed by atoms with Gasteiger partial charge in [-0.25, -0.2) is 0 Å². The van der Waals surface area contributed by atoms with E-state index in [-0.39, 0.29) is 0 Å². The standard InChI is InChI=1S/C12H18N2O2S/c1-12(11(15)16,8-10-2-7-17-9-10)14-5-3-13-4-6-14/h2,7,9,13H,3-6,8H2,1H3,(H,15,16). The Morgan fingerprint density at radius 3 is 2.82 bits per heavy atom. The molecule has 1 aliphatic rings. The number of hydrogen-bond donors (Lipinski definition) is 2. The zero-order chi connectivity index (χ0) is 12.3. The number of aliphatic carboxylic acids is 1. The molecule has 1 aliphatic heterocycles. The highest BCUT2D eigenvalue weighted by Gasteiger charge is 2.40. The summed E-state index contributed by atoms with van der Waals surface area (Å²) in [5.41, 5.74) is 0.321. The Kier molecular flexibility index (Phi) is 3.81. The molecule has 0 spiro atoms. The summed E-state index contributed by atoms with van der Waals surface area (Å²) in [6.45, 7) is 5.16. The number of rotatable bonds is 4. The molecule has 1 unspecified atom stereocenters. The number of nitrogens with one attached hydrogen (secondary N) is 1. The van der Waals surface area contributed by atoms with Crippen molar-refractivity contribution < 1.29 is 9.90 Å². The second-order valence-corrected chi connectivity index (χ2v) is 5.40. The Morgan fingerprint density at radius 1 is 1.59 bits per heavy atom. The molecule has 1 atom stereocenters. The van der Waals surface area contributed by atoms with Crippen LogP contribution in [0.5, 0.6) is 0 Å². The second-order valence-electron chi connectivity index (χ2n) is 4.62. The minimum absolute atomic E-state index is 0.575. The van der Waals surface area contributed by atoms with Gasteiger partial charge in [-0.05, 0) is 29.3 Å². The normalized spacial score (nSPS) is 21.0. The highest BCUT2D eigenvalue weighted by Crippen LogP contribution is 2.23. The molecule has 0 amide bonds. The number of carboxylic acid groups (broad SMARTS) is 1. The SMILES string of the molecule is CC(Cc1ccsc1)(C(=O)O)N1CCNCC1. The molecule has 0 aliphatic carbocycles. The van der Waals surface area contributed by atoms with Crippen LogP contribution in [-0.4, -0.2) is 47.7 Å². The quantitative estimate of drug-likeness (QED) is 0.843. The lowest BCUT2D eigenvalue weighted by Gasteiger charge is -2.40. The van der Waals surface area contributed by atoms with Gasteiger partial charge in [-0.15, -0.1) is 0 Å². The minimum Gasteiger partial charge on any atom is -0.480 e. The van der Waals surface area contributed by atoms with Crippen molar-refractivity contribution >= 4 is 17.3 Å². The molecule has 0 radical (unpaired) electrons. The van der Waals surface area contributed by atoms with Crippen molar-refractivity contribution in [3.63, 3.8) is 0 Å². The Bertz CT molecular complexity index is 374. The summed E-state index contributed by atoms with van der Waals surface area (Å²) in [4.78, 5) is 13.7. The van der Waals surface area contributed by atoms with Crippen LogP contribution in [0.4, 0.5) is 0 Å². The molecule has 94 valence electrons. The summed E-state index contributed by atoms with van der Waals surface area (Å²) < 4.78 is 0. The van der Waals surface area contributed by atoms with E-state index in [4.69, 9.17) is 0 Å². The topological polar surface area (TPSA) is 52.6 Å². The van der Waals surface area contributed by atoms with Gasteiger partial charge in [0.15, 0.2) is 0 Å². The second kappa shape index (κ2) is 5.16. The molecule has 5 heteroatoms. The van der Waals surface area contributed by atoms with Crippen molar-refractivity contribution in [3.05, 3.63) is 22.4 Å². The van der Waals surface area contributed by atoms with E-state index in [1.807, 2.05) is 23.8 Å². The first-order valence-electron chi connectivity index (χ1n) is 5.83. The molecule has 1 aromatic rings. The number of thiophene rings is 1. The van der Waals surface area contributed by atoms with Crippen LogP contribution >= 0.6 is 11.3 Å². The van der Waals surface area contributed by atoms with Crippen LogP contribution < -0.4 is 5.32 Å². The van der Waals surface area contributed by atoms with Crippen molar-refractivity contribution in [1.82, 2.24) is 10.2 Å². The minimum atomic E-state index is -0.789. The molecular formula is C12H18N2O2S. The molecule has 2 rings (SSSR count). The highest BCUT2D eigenvalue weighted by molar-refractivity contribution is 7.07. The molecule has 1 fully saturated rings. The molecule has 0 saturated carbocycles. The summed E-state index contributed by atoms with van der Waals surface area (Å²) in [5, 5.41) is 16.8. The Balaban J connectivity index is 2.16. The summed E-state index contributed by atoms with van der Waals surface area (Å²) in [7, 11) is 0. The molecule has 17 heavy (non-hydrogen) atoms. The average molecular weight is 254 g/mol. The summed E-state index contributed by atoms with van der Waals surface area (Å²) in [6.07, 6.45) is 0.575. The third-order valence-corrected chi connectivity index (χ3v) is 4.14. The van der Waals surface area contributed by atoms with Crippen LogP contribution in [-0.2, 0) is 11.2 Å². The summed E-state index contributed by atoms with van der Waals surface area (Å²) in [6, 6.07) is 2.01. The van der Waals surface area contributed by atoms with Crippen molar-refractivity contribution in [2.75, 3.05) is 26.2 Å². The molecule has 1 saturated heterocycles. The zero-order valence-electron chi connectivity index (χ0n) is 9.98. The van der Waals surface area contributed by atoms with Gasteiger partial charge >= 0.3 is 5.97 Å². The van der Waals surface area contributed by atoms with Gasteiger partial charge < -0.3 is 10.4 Å². The van der Waals surface area contributed by atoms with E-state index in [1.165, 1.54) is 0 Å². The van der Waals surface area contributed by atoms with Crippen LogP contribution in [0.1, 0.15) is 12.5 Å². The van der Waals surface area contributed by atoms with E-state index in [0.29, 0.717) is 6.42 Å². The van der Waals surface area contributed by atoms with E-state index in [2.05, 4.69) is 10.2 Å². The fourth-order valence-electron chi connectivity index (χ4n) is 2.27. The van der Waals surface area contributed by atoms with Crippen LogP contribution in [0.3, 0.4) is 0 Å². The van der Waals surface area contributed by atoms with Gasteiger partial charge in [-0.1, -0.05) is 0 Å². The summed E-state index contributed by atoms with van der Waals surface area (Å²) >= 11 is 1.61. The van der Waals surface area contributed by atoms with Crippen molar-refractivity contribution in [2.24, 2.45) is 0 Å². The maximum atomic E-state index is 11.6. The average Bonchev–Trinajstić information content (AvgIpc) is 2.82. The van der Waals surface area contributed by atoms with Gasteiger partial charge in [0, 0.05) is 32.6 Å². The van der Waals surface area contributed by atoms with Crippen molar-refractivity contribution in [1.29, 1.82) is 0 Å². The van der Waals surface area contributed by atoms with Gasteiger partial charge in [0.1, 0.15) is 5.54 Å². The fourth-order valence-corrected chi connectivity index (χ4v) is 2.94. The highest BCUT2D eigenvalue weighted by atomic mass is 32.1. The lowest BCUT2D eigenvalue weighted by Crippen LogP contribution is -2.59. The fraction of sp³-hybridized carbons (Fsp3) is 0.583. The lowest BCUT2D eigenvalue weighted by atomic mass is 9.91. The van der Waals surface area contributed by atoms with Gasteiger partial charge in [-0.2, -0.15) is 11.3 Å². The first-order chi connectivity index (χ1) is 8.13. The van der Waals surface area contributed by atoms with E-state index >= 15 is 0 Å². The van der Waals surface area contributed by atoms with Crippen LogP contribution in [0, 0.1) is 0 Å². The number of nitrogens with zero attached hydrogens (tertiary/aromatic N) is 1. The van der Waals surface area contributed by atoms with E-state index in [9.17, 15) is 9.90 Å².